The van der Waals surface area contributed by atoms with Crippen molar-refractivity contribution in [2.75, 3.05) is 18.5 Å². The molecule has 4 unspecified atom stereocenters. The number of nitrogens with zero attached hydrogens (tertiary/aromatic N) is 1. The van der Waals surface area contributed by atoms with Gasteiger partial charge in [-0.2, -0.15) is 0 Å². The summed E-state index contributed by atoms with van der Waals surface area (Å²) in [6.45, 7) is 0.950. The van der Waals surface area contributed by atoms with Crippen molar-refractivity contribution < 1.29 is 19.2 Å². The second-order valence-electron chi connectivity index (χ2n) is 6.75. The first-order chi connectivity index (χ1) is 12.5. The first-order valence-electron chi connectivity index (χ1n) is 8.57. The lowest BCUT2D eigenvalue weighted by Gasteiger charge is -2.28. The van der Waals surface area contributed by atoms with Crippen LogP contribution in [0.25, 0.3) is 0 Å². The van der Waals surface area contributed by atoms with Gasteiger partial charge in [0, 0.05) is 46.3 Å². The highest BCUT2D eigenvalue weighted by atomic mass is 79.9. The molecular weight excluding hydrogens is 408 g/mol. The zero-order valence-corrected chi connectivity index (χ0v) is 15.5. The Bertz CT molecular complexity index is 746. The predicted molar refractivity (Wildman–Crippen MR) is 95.7 cm³/mol. The third-order valence-corrected chi connectivity index (χ3v) is 5.85. The first kappa shape index (κ1) is 17.5. The topological polar surface area (TPSA) is 115 Å². The van der Waals surface area contributed by atoms with Gasteiger partial charge < -0.3 is 14.8 Å². The number of carbonyl (C=O) groups excluding carboxylic acids is 1. The van der Waals surface area contributed by atoms with Crippen molar-refractivity contribution in [1.82, 2.24) is 10.9 Å². The van der Waals surface area contributed by atoms with Crippen LogP contribution < -0.4 is 25.6 Å². The molecule has 4 rings (SSSR count). The average molecular weight is 427 g/mol. The second kappa shape index (κ2) is 7.01. The number of rotatable bonds is 3. The van der Waals surface area contributed by atoms with E-state index in [0.717, 1.165) is 0 Å². The molecule has 0 bridgehead atoms. The second-order valence-corrected chi connectivity index (χ2v) is 7.61. The van der Waals surface area contributed by atoms with Crippen LogP contribution in [0.5, 0.6) is 11.5 Å². The zero-order chi connectivity index (χ0) is 18.3. The van der Waals surface area contributed by atoms with Crippen LogP contribution in [0.4, 0.5) is 5.69 Å². The summed E-state index contributed by atoms with van der Waals surface area (Å²) in [7, 11) is 0. The van der Waals surface area contributed by atoms with Crippen molar-refractivity contribution >= 4 is 27.5 Å². The van der Waals surface area contributed by atoms with E-state index >= 15 is 0 Å². The summed E-state index contributed by atoms with van der Waals surface area (Å²) in [6, 6.07) is 2.44. The number of benzene rings is 1. The maximum atomic E-state index is 12.8. The maximum absolute atomic E-state index is 12.8. The molecule has 2 fully saturated rings. The summed E-state index contributed by atoms with van der Waals surface area (Å²) in [5, 5.41) is 14.0. The van der Waals surface area contributed by atoms with Gasteiger partial charge in [0.05, 0.1) is 5.69 Å². The number of hydrogen-bond acceptors (Lipinski definition) is 7. The Balaban J connectivity index is 1.49. The number of anilines is 1. The molecule has 10 heteroatoms. The van der Waals surface area contributed by atoms with E-state index in [1.165, 1.54) is 0 Å². The maximum Gasteiger partial charge on any atom is 0.243 e. The van der Waals surface area contributed by atoms with E-state index in [-0.39, 0.29) is 22.8 Å². The van der Waals surface area contributed by atoms with Crippen molar-refractivity contribution in [3.8, 4) is 11.5 Å². The quantitative estimate of drug-likeness (QED) is 0.494. The molecule has 9 nitrogen and oxygen atoms in total. The molecule has 1 saturated carbocycles. The molecule has 26 heavy (non-hydrogen) atoms. The fourth-order valence-electron chi connectivity index (χ4n) is 3.86. The van der Waals surface area contributed by atoms with Gasteiger partial charge in [-0.3, -0.25) is 20.3 Å². The monoisotopic (exact) mass is 426 g/mol. The molecule has 3 aliphatic rings. The van der Waals surface area contributed by atoms with Crippen LogP contribution in [0.3, 0.4) is 0 Å². The van der Waals surface area contributed by atoms with Gasteiger partial charge in [0.1, 0.15) is 19.3 Å². The highest BCUT2D eigenvalue weighted by Crippen LogP contribution is 2.39. The number of hydrazine groups is 1. The minimum absolute atomic E-state index is 0.0747. The van der Waals surface area contributed by atoms with Gasteiger partial charge in [0.2, 0.25) is 11.9 Å². The highest BCUT2D eigenvalue weighted by Gasteiger charge is 2.46. The fraction of sp³-hybridized carbons (Fsp3) is 0.562. The molecule has 3 N–H and O–H groups in total. The van der Waals surface area contributed by atoms with Crippen molar-refractivity contribution in [2.24, 2.45) is 5.92 Å². The van der Waals surface area contributed by atoms with Crippen LogP contribution in [0, 0.1) is 16.0 Å². The lowest BCUT2D eigenvalue weighted by molar-refractivity contribution is -0.528. The van der Waals surface area contributed by atoms with Crippen LogP contribution in [-0.4, -0.2) is 42.2 Å². The van der Waals surface area contributed by atoms with Crippen molar-refractivity contribution in [2.45, 2.75) is 37.4 Å². The number of carbonyl (C=O) groups is 1. The molecule has 1 aromatic carbocycles. The Kier molecular flexibility index (Phi) is 4.72. The molecule has 140 valence electrons. The first-order valence-corrected chi connectivity index (χ1v) is 9.37. The minimum Gasteiger partial charge on any atom is -0.486 e. The smallest absolute Gasteiger partial charge is 0.243 e. The molecular formula is C16H19BrN4O5. The van der Waals surface area contributed by atoms with E-state index in [4.69, 9.17) is 9.47 Å². The SMILES string of the molecule is O=C(Nc1cc2c(cc1Br)OCCO2)C1NNC2CCC([N+](=O)[O-])CC21. The van der Waals surface area contributed by atoms with E-state index in [1.54, 1.807) is 12.1 Å². The fourth-order valence-corrected chi connectivity index (χ4v) is 4.28. The Morgan fingerprint density at radius 2 is 1.96 bits per heavy atom. The van der Waals surface area contributed by atoms with Gasteiger partial charge in [-0.15, -0.1) is 0 Å². The molecule has 1 saturated heterocycles. The number of amides is 1. The molecule has 1 aliphatic carbocycles. The van der Waals surface area contributed by atoms with E-state index < -0.39 is 12.1 Å². The van der Waals surface area contributed by atoms with Crippen LogP contribution in [0.1, 0.15) is 19.3 Å². The standard InChI is InChI=1S/C16H19BrN4O5/c17-10-6-13-14(26-4-3-25-13)7-12(10)18-16(22)15-9-5-8(21(23)24)1-2-11(9)19-20-15/h6-9,11,15,19-20H,1-5H2,(H,18,22). The van der Waals surface area contributed by atoms with E-state index in [1.807, 2.05) is 0 Å². The summed E-state index contributed by atoms with van der Waals surface area (Å²) in [4.78, 5) is 23.7. The third kappa shape index (κ3) is 3.24. The van der Waals surface area contributed by atoms with Gasteiger partial charge in [-0.05, 0) is 22.4 Å². The van der Waals surface area contributed by atoms with Crippen LogP contribution in [0.2, 0.25) is 0 Å². The average Bonchev–Trinajstić information content (AvgIpc) is 3.05. The summed E-state index contributed by atoms with van der Waals surface area (Å²) in [5.41, 5.74) is 6.69. The zero-order valence-electron chi connectivity index (χ0n) is 13.9. The number of nitro groups is 1. The molecule has 0 spiro atoms. The molecule has 0 aromatic heterocycles. The van der Waals surface area contributed by atoms with Gasteiger partial charge >= 0.3 is 0 Å². The third-order valence-electron chi connectivity index (χ3n) is 5.19. The molecule has 2 aliphatic heterocycles. The van der Waals surface area contributed by atoms with E-state index in [9.17, 15) is 14.9 Å². The van der Waals surface area contributed by atoms with Gasteiger partial charge in [-0.25, -0.2) is 5.43 Å². The molecule has 2 heterocycles. The number of hydrogen-bond donors (Lipinski definition) is 3. The highest BCUT2D eigenvalue weighted by molar-refractivity contribution is 9.10. The largest absolute Gasteiger partial charge is 0.486 e. The van der Waals surface area contributed by atoms with E-state index in [0.29, 0.717) is 54.1 Å². The van der Waals surface area contributed by atoms with Crippen LogP contribution >= 0.6 is 15.9 Å². The minimum atomic E-state index is -0.589. The Morgan fingerprint density at radius 3 is 2.69 bits per heavy atom. The number of halogens is 1. The van der Waals surface area contributed by atoms with Gasteiger partial charge in [-0.1, -0.05) is 0 Å². The summed E-state index contributed by atoms with van der Waals surface area (Å²) in [5.74, 6) is 0.862. The van der Waals surface area contributed by atoms with Crippen molar-refractivity contribution in [3.63, 3.8) is 0 Å². The van der Waals surface area contributed by atoms with Gasteiger partial charge in [0.25, 0.3) is 0 Å². The predicted octanol–water partition coefficient (Wildman–Crippen LogP) is 1.45. The Morgan fingerprint density at radius 1 is 1.23 bits per heavy atom. The molecule has 1 aromatic rings. The van der Waals surface area contributed by atoms with Crippen LogP contribution in [0.15, 0.2) is 16.6 Å². The number of nitrogens with one attached hydrogen (secondary N) is 3. The molecule has 1 amide bonds. The normalized spacial score (nSPS) is 29.7. The summed E-state index contributed by atoms with van der Waals surface area (Å²) >= 11 is 3.43. The Hall–Kier alpha value is -1.91. The van der Waals surface area contributed by atoms with Crippen LogP contribution in [-0.2, 0) is 4.79 Å². The van der Waals surface area contributed by atoms with Crippen molar-refractivity contribution in [1.29, 1.82) is 0 Å². The number of fused-ring (bicyclic) bond motifs is 2. The lowest BCUT2D eigenvalue weighted by Crippen LogP contribution is -2.44. The molecule has 0 radical (unpaired) electrons. The molecule has 4 atom stereocenters. The van der Waals surface area contributed by atoms with Crippen molar-refractivity contribution in [3.05, 3.63) is 26.7 Å². The lowest BCUT2D eigenvalue weighted by atomic mass is 9.79. The van der Waals surface area contributed by atoms with Gasteiger partial charge in [0.15, 0.2) is 11.5 Å². The summed E-state index contributed by atoms with van der Waals surface area (Å²) in [6.07, 6.45) is 1.60. The van der Waals surface area contributed by atoms with E-state index in [2.05, 4.69) is 32.1 Å². The summed E-state index contributed by atoms with van der Waals surface area (Å²) < 4.78 is 11.8. The number of ether oxygens (including phenoxy) is 2. The Labute approximate surface area is 158 Å².